The first-order chi connectivity index (χ1) is 11.1. The van der Waals surface area contributed by atoms with E-state index in [1.807, 2.05) is 24.3 Å². The molecule has 122 valence electrons. The van der Waals surface area contributed by atoms with Crippen LogP contribution in [0.15, 0.2) is 48.5 Å². The summed E-state index contributed by atoms with van der Waals surface area (Å²) in [4.78, 5) is 11.7. The number of carbonyl (C=O) groups excluding carboxylic acids is 1. The quantitative estimate of drug-likeness (QED) is 0.731. The molecule has 0 bridgehead atoms. The molecule has 0 atom stereocenters. The van der Waals surface area contributed by atoms with Crippen LogP contribution in [0.4, 0.5) is 4.39 Å². The Kier molecular flexibility index (Phi) is 7.23. The maximum Gasteiger partial charge on any atom is 0.230 e. The predicted octanol–water partition coefficient (Wildman–Crippen LogP) is 3.91. The maximum atomic E-state index is 12.7. The molecule has 0 aliphatic carbocycles. The fourth-order valence-electron chi connectivity index (χ4n) is 1.78. The second kappa shape index (κ2) is 9.43. The summed E-state index contributed by atoms with van der Waals surface area (Å²) in [5, 5.41) is 3.49. The first-order valence-corrected chi connectivity index (χ1v) is 8.64. The fraction of sp³-hybridized carbons (Fsp3) is 0.235. The maximum absolute atomic E-state index is 12.7. The Balaban J connectivity index is 1.56. The van der Waals surface area contributed by atoms with E-state index in [9.17, 15) is 9.18 Å². The molecule has 2 rings (SSSR count). The number of amides is 1. The van der Waals surface area contributed by atoms with Gasteiger partial charge >= 0.3 is 0 Å². The summed E-state index contributed by atoms with van der Waals surface area (Å²) in [6.45, 7) is 0.761. The second-order valence-corrected chi connectivity index (χ2v) is 6.19. The van der Waals surface area contributed by atoms with Crippen molar-refractivity contribution in [3.8, 4) is 5.75 Å². The first kappa shape index (κ1) is 17.6. The number of rotatable bonds is 8. The Morgan fingerprint density at radius 1 is 1.13 bits per heavy atom. The topological polar surface area (TPSA) is 38.3 Å². The van der Waals surface area contributed by atoms with Crippen LogP contribution in [0.25, 0.3) is 0 Å². The van der Waals surface area contributed by atoms with Crippen LogP contribution < -0.4 is 10.1 Å². The normalized spacial score (nSPS) is 10.3. The van der Waals surface area contributed by atoms with Gasteiger partial charge in [0.25, 0.3) is 0 Å². The van der Waals surface area contributed by atoms with E-state index in [0.717, 1.165) is 11.3 Å². The van der Waals surface area contributed by atoms with E-state index >= 15 is 0 Å². The molecule has 0 spiro atoms. The zero-order valence-electron chi connectivity index (χ0n) is 12.4. The van der Waals surface area contributed by atoms with Crippen molar-refractivity contribution < 1.29 is 13.9 Å². The van der Waals surface area contributed by atoms with Gasteiger partial charge in [-0.05, 0) is 42.0 Å². The minimum atomic E-state index is -0.302. The molecule has 0 aliphatic heterocycles. The molecule has 0 saturated carbocycles. The summed E-state index contributed by atoms with van der Waals surface area (Å²) in [5.41, 5.74) is 1.13. The third-order valence-corrected chi connectivity index (χ3v) is 4.18. The predicted molar refractivity (Wildman–Crippen MR) is 92.5 cm³/mol. The number of hydrogen-bond acceptors (Lipinski definition) is 3. The molecule has 0 fully saturated rings. The Labute approximate surface area is 144 Å². The Morgan fingerprint density at radius 2 is 1.83 bits per heavy atom. The molecule has 2 aromatic rings. The zero-order chi connectivity index (χ0) is 16.5. The number of nitrogens with one attached hydrogen (secondary N) is 1. The molecule has 0 aromatic heterocycles. The van der Waals surface area contributed by atoms with Gasteiger partial charge in [0.1, 0.15) is 18.2 Å². The number of thioether (sulfide) groups is 1. The van der Waals surface area contributed by atoms with Gasteiger partial charge in [0.2, 0.25) is 5.91 Å². The van der Waals surface area contributed by atoms with Crippen molar-refractivity contribution in [2.24, 2.45) is 0 Å². The van der Waals surface area contributed by atoms with Gasteiger partial charge in [0.05, 0.1) is 12.3 Å². The number of ether oxygens (including phenoxy) is 1. The van der Waals surface area contributed by atoms with Gasteiger partial charge in [-0.1, -0.05) is 23.7 Å². The second-order valence-electron chi connectivity index (χ2n) is 4.77. The zero-order valence-corrected chi connectivity index (χ0v) is 14.0. The lowest BCUT2D eigenvalue weighted by atomic mass is 10.2. The molecule has 3 nitrogen and oxygen atoms in total. The van der Waals surface area contributed by atoms with Gasteiger partial charge in [0, 0.05) is 10.8 Å². The van der Waals surface area contributed by atoms with Crippen molar-refractivity contribution in [3.05, 3.63) is 64.9 Å². The number of halogens is 2. The lowest BCUT2D eigenvalue weighted by molar-refractivity contribution is -0.118. The van der Waals surface area contributed by atoms with Gasteiger partial charge in [0.15, 0.2) is 0 Å². The third-order valence-electron chi connectivity index (χ3n) is 2.92. The number of carbonyl (C=O) groups is 1. The van der Waals surface area contributed by atoms with Crippen LogP contribution in [0.2, 0.25) is 5.02 Å². The molecule has 0 saturated heterocycles. The summed E-state index contributed by atoms with van der Waals surface area (Å²) in [5.74, 6) is 1.39. The van der Waals surface area contributed by atoms with E-state index in [2.05, 4.69) is 5.32 Å². The van der Waals surface area contributed by atoms with Crippen LogP contribution in [0, 0.1) is 5.82 Å². The molecule has 2 aromatic carbocycles. The van der Waals surface area contributed by atoms with Gasteiger partial charge in [-0.3, -0.25) is 4.79 Å². The van der Waals surface area contributed by atoms with E-state index in [1.165, 1.54) is 23.9 Å². The van der Waals surface area contributed by atoms with Gasteiger partial charge in [-0.15, -0.1) is 11.8 Å². The van der Waals surface area contributed by atoms with E-state index in [0.29, 0.717) is 29.7 Å². The van der Waals surface area contributed by atoms with Crippen molar-refractivity contribution in [1.82, 2.24) is 5.32 Å². The van der Waals surface area contributed by atoms with Crippen LogP contribution in [0.1, 0.15) is 5.56 Å². The molecule has 23 heavy (non-hydrogen) atoms. The molecular formula is C17H17ClFNO2S. The molecule has 0 heterocycles. The summed E-state index contributed by atoms with van der Waals surface area (Å²) in [6, 6.07) is 13.4. The fourth-order valence-corrected chi connectivity index (χ4v) is 2.73. The highest BCUT2D eigenvalue weighted by atomic mass is 35.5. The molecular weight excluding hydrogens is 337 g/mol. The summed E-state index contributed by atoms with van der Waals surface area (Å²) < 4.78 is 18.1. The van der Waals surface area contributed by atoms with Crippen LogP contribution in [0.5, 0.6) is 5.75 Å². The monoisotopic (exact) mass is 353 g/mol. The van der Waals surface area contributed by atoms with Gasteiger partial charge < -0.3 is 10.1 Å². The van der Waals surface area contributed by atoms with Crippen LogP contribution in [0.3, 0.4) is 0 Å². The third kappa shape index (κ3) is 6.93. The van der Waals surface area contributed by atoms with Gasteiger partial charge in [-0.25, -0.2) is 4.39 Å². The lowest BCUT2D eigenvalue weighted by Crippen LogP contribution is -2.29. The van der Waals surface area contributed by atoms with E-state index in [4.69, 9.17) is 16.3 Å². The highest BCUT2D eigenvalue weighted by molar-refractivity contribution is 7.99. The lowest BCUT2D eigenvalue weighted by Gasteiger charge is -2.08. The highest BCUT2D eigenvalue weighted by Crippen LogP contribution is 2.15. The highest BCUT2D eigenvalue weighted by Gasteiger charge is 2.02. The van der Waals surface area contributed by atoms with Crippen molar-refractivity contribution in [1.29, 1.82) is 0 Å². The van der Waals surface area contributed by atoms with E-state index in [-0.39, 0.29) is 11.7 Å². The first-order valence-electron chi connectivity index (χ1n) is 7.11. The van der Waals surface area contributed by atoms with Crippen molar-refractivity contribution in [3.63, 3.8) is 0 Å². The minimum absolute atomic E-state index is 0.0355. The summed E-state index contributed by atoms with van der Waals surface area (Å²) in [7, 11) is 0. The molecule has 0 aliphatic rings. The Bertz CT molecular complexity index is 619. The van der Waals surface area contributed by atoms with Gasteiger partial charge in [-0.2, -0.15) is 0 Å². The van der Waals surface area contributed by atoms with E-state index in [1.54, 1.807) is 12.1 Å². The molecule has 1 amide bonds. The molecule has 0 unspecified atom stereocenters. The van der Waals surface area contributed by atoms with Crippen LogP contribution in [-0.2, 0) is 10.5 Å². The van der Waals surface area contributed by atoms with Crippen molar-refractivity contribution in [2.45, 2.75) is 5.75 Å². The average molecular weight is 354 g/mol. The largest absolute Gasteiger partial charge is 0.492 e. The Morgan fingerprint density at radius 3 is 2.52 bits per heavy atom. The molecule has 0 radical (unpaired) electrons. The van der Waals surface area contributed by atoms with E-state index < -0.39 is 0 Å². The Hall–Kier alpha value is -1.72. The molecule has 6 heteroatoms. The number of benzene rings is 2. The summed E-state index contributed by atoms with van der Waals surface area (Å²) >= 11 is 7.36. The SMILES string of the molecule is O=C(CSCc1ccc(Cl)cc1)NCCOc1ccc(F)cc1. The average Bonchev–Trinajstić information content (AvgIpc) is 2.55. The molecule has 1 N–H and O–H groups in total. The van der Waals surface area contributed by atoms with Crippen molar-refractivity contribution in [2.75, 3.05) is 18.9 Å². The number of hydrogen-bond donors (Lipinski definition) is 1. The van der Waals surface area contributed by atoms with Crippen LogP contribution in [-0.4, -0.2) is 24.8 Å². The summed E-state index contributed by atoms with van der Waals surface area (Å²) in [6.07, 6.45) is 0. The standard InChI is InChI=1S/C17H17ClFNO2S/c18-14-3-1-13(2-4-14)11-23-12-17(21)20-9-10-22-16-7-5-15(19)6-8-16/h1-8H,9-12H2,(H,20,21). The van der Waals surface area contributed by atoms with Crippen molar-refractivity contribution >= 4 is 29.3 Å². The van der Waals surface area contributed by atoms with Crippen LogP contribution >= 0.6 is 23.4 Å². The smallest absolute Gasteiger partial charge is 0.230 e. The minimum Gasteiger partial charge on any atom is -0.492 e.